The lowest BCUT2D eigenvalue weighted by atomic mass is 9.76. The zero-order valence-corrected chi connectivity index (χ0v) is 16.1. The molecule has 150 valence electrons. The number of amides is 2. The highest BCUT2D eigenvalue weighted by Crippen LogP contribution is 2.43. The number of fused-ring (bicyclic) bond motifs is 1. The van der Waals surface area contributed by atoms with Gasteiger partial charge in [-0.25, -0.2) is 4.90 Å². The van der Waals surface area contributed by atoms with E-state index in [0.29, 0.717) is 31.0 Å². The number of nitrogens with one attached hydrogen (secondary N) is 1. The number of hydrogen-bond donors (Lipinski definition) is 1. The van der Waals surface area contributed by atoms with Gasteiger partial charge in [-0.15, -0.1) is 0 Å². The van der Waals surface area contributed by atoms with Gasteiger partial charge in [0.2, 0.25) is 11.8 Å². The Labute approximate surface area is 168 Å². The van der Waals surface area contributed by atoms with Crippen molar-refractivity contribution in [2.24, 2.45) is 17.8 Å². The number of nitro benzene ring substituents is 1. The number of benzene rings is 1. The SMILES string of the molecule is C[C@@H]1CC[C@H]2C(=O)N(c3ccc(NCc4ccccn4)c([N+](=O)[O-])c3)C(=O)[C@H]2C1. The molecular formula is C21H22N4O4. The number of hydrogen-bond acceptors (Lipinski definition) is 6. The second-order valence-electron chi connectivity index (χ2n) is 7.78. The molecule has 1 aliphatic carbocycles. The Hall–Kier alpha value is -3.29. The second-order valence-corrected chi connectivity index (χ2v) is 7.78. The Balaban J connectivity index is 1.60. The molecule has 2 aromatic rings. The van der Waals surface area contributed by atoms with E-state index < -0.39 is 4.92 Å². The molecule has 2 amide bonds. The quantitative estimate of drug-likeness (QED) is 0.472. The van der Waals surface area contributed by atoms with E-state index in [4.69, 9.17) is 0 Å². The highest BCUT2D eigenvalue weighted by molar-refractivity contribution is 6.22. The van der Waals surface area contributed by atoms with Gasteiger partial charge in [0, 0.05) is 12.3 Å². The van der Waals surface area contributed by atoms with Crippen LogP contribution in [0, 0.1) is 27.9 Å². The van der Waals surface area contributed by atoms with Crippen molar-refractivity contribution >= 4 is 28.9 Å². The minimum Gasteiger partial charge on any atom is -0.374 e. The molecule has 0 unspecified atom stereocenters. The fourth-order valence-electron chi connectivity index (χ4n) is 4.29. The molecule has 1 aromatic heterocycles. The molecule has 29 heavy (non-hydrogen) atoms. The van der Waals surface area contributed by atoms with Crippen LogP contribution >= 0.6 is 0 Å². The van der Waals surface area contributed by atoms with E-state index in [-0.39, 0.29) is 35.0 Å². The van der Waals surface area contributed by atoms with E-state index in [1.165, 1.54) is 6.07 Å². The van der Waals surface area contributed by atoms with Crippen molar-refractivity contribution < 1.29 is 14.5 Å². The molecule has 1 aliphatic heterocycles. The maximum Gasteiger partial charge on any atom is 0.294 e. The van der Waals surface area contributed by atoms with Crippen LogP contribution in [0.15, 0.2) is 42.6 Å². The van der Waals surface area contributed by atoms with Gasteiger partial charge in [0.15, 0.2) is 0 Å². The van der Waals surface area contributed by atoms with Crippen molar-refractivity contribution in [3.63, 3.8) is 0 Å². The summed E-state index contributed by atoms with van der Waals surface area (Å²) in [5, 5.41) is 14.6. The first-order valence-electron chi connectivity index (χ1n) is 9.75. The van der Waals surface area contributed by atoms with Gasteiger partial charge < -0.3 is 5.32 Å². The van der Waals surface area contributed by atoms with Crippen molar-refractivity contribution in [3.05, 3.63) is 58.4 Å². The maximum atomic E-state index is 12.9. The van der Waals surface area contributed by atoms with Crippen molar-refractivity contribution in [2.45, 2.75) is 32.7 Å². The first-order chi connectivity index (χ1) is 14.0. The molecule has 1 N–H and O–H groups in total. The summed E-state index contributed by atoms with van der Waals surface area (Å²) in [5.74, 6) is -0.696. The normalized spacial score (nSPS) is 23.8. The molecule has 0 radical (unpaired) electrons. The average Bonchev–Trinajstić information content (AvgIpc) is 2.97. The lowest BCUT2D eigenvalue weighted by Gasteiger charge is -2.25. The summed E-state index contributed by atoms with van der Waals surface area (Å²) in [6, 6.07) is 9.89. The smallest absolute Gasteiger partial charge is 0.294 e. The van der Waals surface area contributed by atoms with Crippen molar-refractivity contribution in [1.82, 2.24) is 4.98 Å². The summed E-state index contributed by atoms with van der Waals surface area (Å²) in [5.41, 5.74) is 1.14. The Morgan fingerprint density at radius 1 is 1.17 bits per heavy atom. The number of imide groups is 1. The fraction of sp³-hybridized carbons (Fsp3) is 0.381. The second kappa shape index (κ2) is 7.62. The van der Waals surface area contributed by atoms with Crippen LogP contribution in [0.1, 0.15) is 31.9 Å². The average molecular weight is 394 g/mol. The largest absolute Gasteiger partial charge is 0.374 e. The van der Waals surface area contributed by atoms with Crippen LogP contribution in [-0.4, -0.2) is 21.7 Å². The monoisotopic (exact) mass is 394 g/mol. The fourth-order valence-corrected chi connectivity index (χ4v) is 4.29. The maximum absolute atomic E-state index is 12.9. The molecule has 3 atom stereocenters. The molecule has 0 spiro atoms. The molecular weight excluding hydrogens is 372 g/mol. The number of nitro groups is 1. The molecule has 1 saturated carbocycles. The van der Waals surface area contributed by atoms with Crippen molar-refractivity contribution in [3.8, 4) is 0 Å². The zero-order valence-electron chi connectivity index (χ0n) is 16.1. The van der Waals surface area contributed by atoms with Gasteiger partial charge in [0.25, 0.3) is 5.69 Å². The predicted molar refractivity (Wildman–Crippen MR) is 107 cm³/mol. The first kappa shape index (κ1) is 19.0. The minimum atomic E-state index is -0.510. The van der Waals surface area contributed by atoms with E-state index in [1.807, 2.05) is 12.1 Å². The Morgan fingerprint density at radius 2 is 1.97 bits per heavy atom. The first-order valence-corrected chi connectivity index (χ1v) is 9.75. The number of carbonyl (C=O) groups is 2. The van der Waals surface area contributed by atoms with Crippen LogP contribution in [0.3, 0.4) is 0 Å². The van der Waals surface area contributed by atoms with Gasteiger partial charge in [-0.2, -0.15) is 0 Å². The Morgan fingerprint density at radius 3 is 2.69 bits per heavy atom. The molecule has 2 fully saturated rings. The summed E-state index contributed by atoms with van der Waals surface area (Å²) in [7, 11) is 0. The predicted octanol–water partition coefficient (Wildman–Crippen LogP) is 3.53. The van der Waals surface area contributed by atoms with Gasteiger partial charge in [0.05, 0.1) is 34.7 Å². The third-order valence-electron chi connectivity index (χ3n) is 5.81. The summed E-state index contributed by atoms with van der Waals surface area (Å²) in [6.45, 7) is 2.41. The summed E-state index contributed by atoms with van der Waals surface area (Å²) in [4.78, 5) is 42.2. The number of pyridine rings is 1. The number of carbonyl (C=O) groups excluding carboxylic acids is 2. The third kappa shape index (κ3) is 3.57. The lowest BCUT2D eigenvalue weighted by Crippen LogP contribution is -2.31. The van der Waals surface area contributed by atoms with E-state index in [1.54, 1.807) is 24.4 Å². The molecule has 2 heterocycles. The summed E-state index contributed by atoms with van der Waals surface area (Å²) >= 11 is 0. The topological polar surface area (TPSA) is 105 Å². The molecule has 0 bridgehead atoms. The highest BCUT2D eigenvalue weighted by Gasteiger charge is 2.50. The van der Waals surface area contributed by atoms with Gasteiger partial charge in [-0.3, -0.25) is 24.7 Å². The summed E-state index contributed by atoms with van der Waals surface area (Å²) in [6.07, 6.45) is 3.96. The Kier molecular flexibility index (Phi) is 5.00. The van der Waals surface area contributed by atoms with E-state index >= 15 is 0 Å². The lowest BCUT2D eigenvalue weighted by molar-refractivity contribution is -0.383. The van der Waals surface area contributed by atoms with Crippen LogP contribution in [0.5, 0.6) is 0 Å². The number of rotatable bonds is 5. The van der Waals surface area contributed by atoms with Gasteiger partial charge in [-0.1, -0.05) is 13.0 Å². The summed E-state index contributed by atoms with van der Waals surface area (Å²) < 4.78 is 0. The van der Waals surface area contributed by atoms with Gasteiger partial charge >= 0.3 is 0 Å². The highest BCUT2D eigenvalue weighted by atomic mass is 16.6. The van der Waals surface area contributed by atoms with Crippen molar-refractivity contribution in [1.29, 1.82) is 0 Å². The standard InChI is InChI=1S/C21H22N4O4/c1-13-5-7-16-17(10-13)21(27)24(20(16)26)15-6-8-18(19(11-15)25(28)29)23-12-14-4-2-3-9-22-14/h2-4,6,8-9,11,13,16-17,23H,5,7,10,12H2,1H3/t13-,16-,17+/m1/s1. The molecule has 8 heteroatoms. The third-order valence-corrected chi connectivity index (χ3v) is 5.81. The Bertz CT molecular complexity index is 962. The van der Waals surface area contributed by atoms with Gasteiger partial charge in [0.1, 0.15) is 5.69 Å². The van der Waals surface area contributed by atoms with Crippen LogP contribution in [0.4, 0.5) is 17.1 Å². The van der Waals surface area contributed by atoms with E-state index in [2.05, 4.69) is 17.2 Å². The van der Waals surface area contributed by atoms with E-state index in [0.717, 1.165) is 17.0 Å². The number of aromatic nitrogens is 1. The van der Waals surface area contributed by atoms with Gasteiger partial charge in [-0.05, 0) is 49.4 Å². The minimum absolute atomic E-state index is 0.178. The molecule has 2 aliphatic rings. The molecule has 4 rings (SSSR count). The zero-order chi connectivity index (χ0) is 20.5. The number of anilines is 2. The number of nitrogens with zero attached hydrogens (tertiary/aromatic N) is 3. The van der Waals surface area contributed by atoms with Crippen LogP contribution in [0.25, 0.3) is 0 Å². The molecule has 8 nitrogen and oxygen atoms in total. The molecule has 1 saturated heterocycles. The van der Waals surface area contributed by atoms with E-state index in [9.17, 15) is 19.7 Å². The van der Waals surface area contributed by atoms with Crippen molar-refractivity contribution in [2.75, 3.05) is 10.2 Å². The van der Waals surface area contributed by atoms with Crippen LogP contribution < -0.4 is 10.2 Å². The van der Waals surface area contributed by atoms with Crippen LogP contribution in [-0.2, 0) is 16.1 Å². The van der Waals surface area contributed by atoms with Crippen LogP contribution in [0.2, 0.25) is 0 Å². The molecule has 1 aromatic carbocycles.